The Hall–Kier alpha value is -2.90. The first-order chi connectivity index (χ1) is 12.0. The molecule has 25 heavy (non-hydrogen) atoms. The largest absolute Gasteiger partial charge is 0.480 e. The zero-order valence-electron chi connectivity index (χ0n) is 13.0. The Balaban J connectivity index is 1.68. The van der Waals surface area contributed by atoms with Gasteiger partial charge in [-0.1, -0.05) is 17.7 Å². The van der Waals surface area contributed by atoms with Crippen LogP contribution < -0.4 is 5.32 Å². The number of aromatic amines is 1. The summed E-state index contributed by atoms with van der Waals surface area (Å²) in [6, 6.07) is 12.6. The predicted molar refractivity (Wildman–Crippen MR) is 93.6 cm³/mol. The smallest absolute Gasteiger partial charge is 0.329 e. The number of carboxylic acids is 1. The van der Waals surface area contributed by atoms with Gasteiger partial charge in [0.1, 0.15) is 24.6 Å². The number of carboxylic acid groups (broad SMARTS) is 1. The summed E-state index contributed by atoms with van der Waals surface area (Å²) in [7, 11) is 0. The molecule has 0 saturated heterocycles. The van der Waals surface area contributed by atoms with Gasteiger partial charge in [-0.3, -0.25) is 4.79 Å². The molecule has 0 radical (unpaired) electrons. The zero-order chi connectivity index (χ0) is 17.8. The van der Waals surface area contributed by atoms with E-state index in [1.807, 2.05) is 12.1 Å². The number of aromatic nitrogens is 2. The molecule has 0 aliphatic heterocycles. The predicted octanol–water partition coefficient (Wildman–Crippen LogP) is 2.92. The first-order valence-electron chi connectivity index (χ1n) is 7.37. The number of rotatable bonds is 6. The van der Waals surface area contributed by atoms with Crippen molar-refractivity contribution in [2.45, 2.75) is 0 Å². The third kappa shape index (κ3) is 4.14. The maximum Gasteiger partial charge on any atom is 0.329 e. The SMILES string of the molecule is O=C(O)COCC(=O)Nc1ccc(-c2nc3c(Cl)cccc3[nH]2)cc1. The number of carbonyl (C=O) groups is 2. The second-order valence-electron chi connectivity index (χ2n) is 5.23. The van der Waals surface area contributed by atoms with Gasteiger partial charge < -0.3 is 20.1 Å². The monoisotopic (exact) mass is 359 g/mol. The van der Waals surface area contributed by atoms with E-state index in [0.717, 1.165) is 11.1 Å². The number of imidazole rings is 1. The standard InChI is InChI=1S/C17H14ClN3O4/c18-12-2-1-3-13-16(12)21-17(20-13)10-4-6-11(7-5-10)19-14(22)8-25-9-15(23)24/h1-7H,8-9H2,(H,19,22)(H,20,21)(H,23,24). The number of carbonyl (C=O) groups excluding carboxylic acids is 1. The molecule has 0 aliphatic carbocycles. The van der Waals surface area contributed by atoms with Crippen molar-refractivity contribution in [3.63, 3.8) is 0 Å². The Bertz CT molecular complexity index is 921. The van der Waals surface area contributed by atoms with Crippen LogP contribution in [0.5, 0.6) is 0 Å². The summed E-state index contributed by atoms with van der Waals surface area (Å²) >= 11 is 6.12. The molecule has 0 fully saturated rings. The van der Waals surface area contributed by atoms with E-state index in [4.69, 9.17) is 21.4 Å². The Labute approximate surface area is 147 Å². The van der Waals surface area contributed by atoms with Gasteiger partial charge in [0.15, 0.2) is 0 Å². The van der Waals surface area contributed by atoms with Gasteiger partial charge in [-0.25, -0.2) is 9.78 Å². The third-order valence-corrected chi connectivity index (χ3v) is 3.67. The van der Waals surface area contributed by atoms with Crippen LogP contribution >= 0.6 is 11.6 Å². The van der Waals surface area contributed by atoms with Gasteiger partial charge in [0.05, 0.1) is 10.5 Å². The minimum absolute atomic E-state index is 0.323. The molecule has 0 spiro atoms. The van der Waals surface area contributed by atoms with E-state index in [-0.39, 0.29) is 6.61 Å². The minimum atomic E-state index is -1.12. The Morgan fingerprint density at radius 3 is 2.60 bits per heavy atom. The van der Waals surface area contributed by atoms with E-state index in [1.54, 1.807) is 30.3 Å². The maximum atomic E-state index is 11.6. The molecular formula is C17H14ClN3O4. The normalized spacial score (nSPS) is 10.8. The summed E-state index contributed by atoms with van der Waals surface area (Å²) in [6.45, 7) is -0.836. The van der Waals surface area contributed by atoms with Crippen LogP contribution in [-0.4, -0.2) is 40.2 Å². The number of nitrogens with zero attached hydrogens (tertiary/aromatic N) is 1. The van der Waals surface area contributed by atoms with E-state index in [9.17, 15) is 9.59 Å². The van der Waals surface area contributed by atoms with E-state index >= 15 is 0 Å². The highest BCUT2D eigenvalue weighted by Crippen LogP contribution is 2.26. The molecule has 2 aromatic carbocycles. The van der Waals surface area contributed by atoms with Gasteiger partial charge in [-0.15, -0.1) is 0 Å². The van der Waals surface area contributed by atoms with Crippen molar-refractivity contribution in [2.75, 3.05) is 18.5 Å². The molecule has 3 aromatic rings. The number of ether oxygens (including phenoxy) is 1. The molecule has 1 aromatic heterocycles. The minimum Gasteiger partial charge on any atom is -0.480 e. The van der Waals surface area contributed by atoms with Crippen LogP contribution in [0, 0.1) is 0 Å². The van der Waals surface area contributed by atoms with Gasteiger partial charge >= 0.3 is 5.97 Å². The van der Waals surface area contributed by atoms with Crippen molar-refractivity contribution < 1.29 is 19.4 Å². The number of aliphatic carboxylic acids is 1. The Kier molecular flexibility index (Phi) is 4.97. The van der Waals surface area contributed by atoms with Crippen LogP contribution in [0.4, 0.5) is 5.69 Å². The van der Waals surface area contributed by atoms with E-state index in [2.05, 4.69) is 15.3 Å². The molecule has 0 saturated carbocycles. The lowest BCUT2D eigenvalue weighted by molar-refractivity contribution is -0.143. The molecule has 3 rings (SSSR count). The van der Waals surface area contributed by atoms with Gasteiger partial charge in [0, 0.05) is 11.3 Å². The third-order valence-electron chi connectivity index (χ3n) is 3.36. The van der Waals surface area contributed by atoms with Crippen molar-refractivity contribution in [2.24, 2.45) is 0 Å². The molecule has 1 amide bonds. The number of H-pyrrole nitrogens is 1. The number of hydrogen-bond donors (Lipinski definition) is 3. The number of halogens is 1. The zero-order valence-corrected chi connectivity index (χ0v) is 13.7. The van der Waals surface area contributed by atoms with Crippen LogP contribution in [0.1, 0.15) is 0 Å². The lowest BCUT2D eigenvalue weighted by Crippen LogP contribution is -2.20. The van der Waals surface area contributed by atoms with Crippen LogP contribution in [0.2, 0.25) is 5.02 Å². The number of fused-ring (bicyclic) bond motifs is 1. The van der Waals surface area contributed by atoms with Gasteiger partial charge in [-0.2, -0.15) is 0 Å². The molecule has 7 nitrogen and oxygen atoms in total. The topological polar surface area (TPSA) is 104 Å². The molecule has 8 heteroatoms. The van der Waals surface area contributed by atoms with E-state index < -0.39 is 18.5 Å². The number of anilines is 1. The Morgan fingerprint density at radius 2 is 1.92 bits per heavy atom. The van der Waals surface area contributed by atoms with E-state index in [0.29, 0.717) is 22.1 Å². The second-order valence-corrected chi connectivity index (χ2v) is 5.64. The summed E-state index contributed by atoms with van der Waals surface area (Å²) in [5.41, 5.74) is 2.96. The van der Waals surface area contributed by atoms with Gasteiger partial charge in [0.2, 0.25) is 5.91 Å². The quantitative estimate of drug-likeness (QED) is 0.627. The average molecular weight is 360 g/mol. The number of para-hydroxylation sites is 1. The summed E-state index contributed by atoms with van der Waals surface area (Å²) in [5.74, 6) is -0.877. The molecule has 1 heterocycles. The first-order valence-corrected chi connectivity index (χ1v) is 7.75. The van der Waals surface area contributed by atoms with Crippen LogP contribution in [0.3, 0.4) is 0 Å². The fourth-order valence-electron chi connectivity index (χ4n) is 2.27. The van der Waals surface area contributed by atoms with Gasteiger partial charge in [0.25, 0.3) is 0 Å². The van der Waals surface area contributed by atoms with Crippen LogP contribution in [0.25, 0.3) is 22.4 Å². The van der Waals surface area contributed by atoms with Crippen molar-refractivity contribution in [1.82, 2.24) is 9.97 Å². The van der Waals surface area contributed by atoms with Crippen molar-refractivity contribution in [3.8, 4) is 11.4 Å². The van der Waals surface area contributed by atoms with Gasteiger partial charge in [-0.05, 0) is 36.4 Å². The highest BCUT2D eigenvalue weighted by molar-refractivity contribution is 6.35. The Morgan fingerprint density at radius 1 is 1.16 bits per heavy atom. The van der Waals surface area contributed by atoms with Crippen LogP contribution in [0.15, 0.2) is 42.5 Å². The molecule has 3 N–H and O–H groups in total. The van der Waals surface area contributed by atoms with Crippen LogP contribution in [-0.2, 0) is 14.3 Å². The molecule has 0 aliphatic rings. The van der Waals surface area contributed by atoms with Crippen molar-refractivity contribution in [1.29, 1.82) is 0 Å². The van der Waals surface area contributed by atoms with E-state index in [1.165, 1.54) is 0 Å². The number of hydrogen-bond acceptors (Lipinski definition) is 4. The highest BCUT2D eigenvalue weighted by atomic mass is 35.5. The fourth-order valence-corrected chi connectivity index (χ4v) is 2.49. The number of amides is 1. The lowest BCUT2D eigenvalue weighted by atomic mass is 10.2. The molecule has 0 atom stereocenters. The molecular weight excluding hydrogens is 346 g/mol. The molecule has 0 unspecified atom stereocenters. The molecule has 128 valence electrons. The highest BCUT2D eigenvalue weighted by Gasteiger charge is 2.09. The van der Waals surface area contributed by atoms with Crippen molar-refractivity contribution >= 4 is 40.2 Å². The summed E-state index contributed by atoms with van der Waals surface area (Å²) < 4.78 is 4.73. The maximum absolute atomic E-state index is 11.6. The van der Waals surface area contributed by atoms with Crippen molar-refractivity contribution in [3.05, 3.63) is 47.5 Å². The summed E-state index contributed by atoms with van der Waals surface area (Å²) in [4.78, 5) is 29.6. The summed E-state index contributed by atoms with van der Waals surface area (Å²) in [6.07, 6.45) is 0. The fraction of sp³-hybridized carbons (Fsp3) is 0.118. The first kappa shape index (κ1) is 16.9. The average Bonchev–Trinajstić information content (AvgIpc) is 3.01. The lowest BCUT2D eigenvalue weighted by Gasteiger charge is -2.06. The number of benzene rings is 2. The second kappa shape index (κ2) is 7.33. The number of nitrogens with one attached hydrogen (secondary N) is 2. The summed E-state index contributed by atoms with van der Waals surface area (Å²) in [5, 5.41) is 11.6. The molecule has 0 bridgehead atoms.